The van der Waals surface area contributed by atoms with Gasteiger partial charge in [-0.15, -0.1) is 0 Å². The van der Waals surface area contributed by atoms with Crippen LogP contribution in [0.1, 0.15) is 25.3 Å². The van der Waals surface area contributed by atoms with Crippen molar-refractivity contribution in [2.45, 2.75) is 31.1 Å². The van der Waals surface area contributed by atoms with Crippen molar-refractivity contribution in [2.75, 3.05) is 0 Å². The van der Waals surface area contributed by atoms with Crippen molar-refractivity contribution >= 4 is 16.1 Å². The van der Waals surface area contributed by atoms with Gasteiger partial charge in [-0.1, -0.05) is 25.5 Å². The Morgan fingerprint density at radius 1 is 1.29 bits per heavy atom. The first-order chi connectivity index (χ1) is 7.95. The molecule has 6 heteroatoms. The monoisotopic (exact) mass is 256 g/mol. The molecule has 5 nitrogen and oxygen atoms in total. The summed E-state index contributed by atoms with van der Waals surface area (Å²) in [5.41, 5.74) is 5.86. The molecule has 17 heavy (non-hydrogen) atoms. The summed E-state index contributed by atoms with van der Waals surface area (Å²) in [4.78, 5) is 10.6. The third-order valence-corrected chi connectivity index (χ3v) is 3.65. The second kappa shape index (κ2) is 5.67. The Kier molecular flexibility index (Phi) is 4.51. The SMILES string of the molecule is CCCCc1ccc(S(=O)(=O)NC(N)=O)cc1. The molecule has 0 saturated carbocycles. The topological polar surface area (TPSA) is 89.3 Å². The molecule has 3 N–H and O–H groups in total. The molecule has 0 fully saturated rings. The van der Waals surface area contributed by atoms with Crippen molar-refractivity contribution in [1.82, 2.24) is 4.72 Å². The Morgan fingerprint density at radius 3 is 2.35 bits per heavy atom. The van der Waals surface area contributed by atoms with Gasteiger partial charge in [-0.2, -0.15) is 0 Å². The van der Waals surface area contributed by atoms with Crippen LogP contribution in [0.4, 0.5) is 4.79 Å². The zero-order chi connectivity index (χ0) is 12.9. The van der Waals surface area contributed by atoms with Crippen LogP contribution < -0.4 is 10.5 Å². The van der Waals surface area contributed by atoms with Crippen molar-refractivity contribution < 1.29 is 13.2 Å². The van der Waals surface area contributed by atoms with E-state index < -0.39 is 16.1 Å². The van der Waals surface area contributed by atoms with Crippen LogP contribution in [0.5, 0.6) is 0 Å². The molecular weight excluding hydrogens is 240 g/mol. The third-order valence-electron chi connectivity index (χ3n) is 2.29. The van der Waals surface area contributed by atoms with Gasteiger partial charge in [0, 0.05) is 0 Å². The van der Waals surface area contributed by atoms with E-state index in [0.717, 1.165) is 24.8 Å². The molecule has 94 valence electrons. The largest absolute Gasteiger partial charge is 0.351 e. The maximum absolute atomic E-state index is 11.6. The van der Waals surface area contributed by atoms with Gasteiger partial charge >= 0.3 is 6.03 Å². The van der Waals surface area contributed by atoms with Gasteiger partial charge in [0.25, 0.3) is 10.0 Å². The van der Waals surface area contributed by atoms with Gasteiger partial charge in [-0.05, 0) is 30.5 Å². The first-order valence-electron chi connectivity index (χ1n) is 5.37. The molecule has 0 bridgehead atoms. The molecule has 0 aliphatic rings. The highest BCUT2D eigenvalue weighted by Gasteiger charge is 2.15. The lowest BCUT2D eigenvalue weighted by Crippen LogP contribution is -2.34. The summed E-state index contributed by atoms with van der Waals surface area (Å²) in [5, 5.41) is 0. The second-order valence-electron chi connectivity index (χ2n) is 3.72. The number of aryl methyl sites for hydroxylation is 1. The van der Waals surface area contributed by atoms with Crippen molar-refractivity contribution in [3.63, 3.8) is 0 Å². The van der Waals surface area contributed by atoms with Crippen LogP contribution in [0, 0.1) is 0 Å². The molecule has 0 aromatic heterocycles. The molecule has 0 saturated heterocycles. The molecule has 0 aliphatic carbocycles. The van der Waals surface area contributed by atoms with Crippen molar-refractivity contribution in [3.8, 4) is 0 Å². The van der Waals surface area contributed by atoms with Crippen LogP contribution in [0.15, 0.2) is 29.2 Å². The molecular formula is C11H16N2O3S. The smallest absolute Gasteiger partial charge is 0.326 e. The quantitative estimate of drug-likeness (QED) is 0.834. The van der Waals surface area contributed by atoms with Crippen LogP contribution in [0.25, 0.3) is 0 Å². The number of urea groups is 1. The highest BCUT2D eigenvalue weighted by atomic mass is 32.2. The average molecular weight is 256 g/mol. The van der Waals surface area contributed by atoms with Crippen LogP contribution in [0.3, 0.4) is 0 Å². The molecule has 0 radical (unpaired) electrons. The van der Waals surface area contributed by atoms with Crippen molar-refractivity contribution in [1.29, 1.82) is 0 Å². The number of carbonyl (C=O) groups excluding carboxylic acids is 1. The Balaban J connectivity index is 2.83. The van der Waals surface area contributed by atoms with Gasteiger partial charge in [-0.25, -0.2) is 17.9 Å². The van der Waals surface area contributed by atoms with E-state index in [9.17, 15) is 13.2 Å². The number of sulfonamides is 1. The van der Waals surface area contributed by atoms with E-state index in [1.807, 2.05) is 0 Å². The molecule has 1 aromatic rings. The number of rotatable bonds is 5. The van der Waals surface area contributed by atoms with Gasteiger partial charge < -0.3 is 5.73 Å². The predicted molar refractivity (Wildman–Crippen MR) is 65.0 cm³/mol. The Hall–Kier alpha value is -1.56. The van der Waals surface area contributed by atoms with Gasteiger partial charge in [0.2, 0.25) is 0 Å². The highest BCUT2D eigenvalue weighted by molar-refractivity contribution is 7.90. The van der Waals surface area contributed by atoms with E-state index in [0.29, 0.717) is 0 Å². The zero-order valence-electron chi connectivity index (χ0n) is 9.64. The molecule has 0 atom stereocenters. The van der Waals surface area contributed by atoms with Crippen LogP contribution >= 0.6 is 0 Å². The van der Waals surface area contributed by atoms with Gasteiger partial charge in [0.05, 0.1) is 4.90 Å². The number of nitrogens with two attached hydrogens (primary N) is 1. The van der Waals surface area contributed by atoms with Crippen LogP contribution in [-0.4, -0.2) is 14.4 Å². The third kappa shape index (κ3) is 4.07. The summed E-state index contributed by atoms with van der Waals surface area (Å²) in [6, 6.07) is 5.34. The van der Waals surface area contributed by atoms with E-state index in [1.54, 1.807) is 16.9 Å². The number of carbonyl (C=O) groups is 1. The first-order valence-corrected chi connectivity index (χ1v) is 6.85. The van der Waals surface area contributed by atoms with Crippen LogP contribution in [-0.2, 0) is 16.4 Å². The summed E-state index contributed by atoms with van der Waals surface area (Å²) in [7, 11) is -3.82. The number of nitrogens with one attached hydrogen (secondary N) is 1. The Labute approximate surface area is 101 Å². The number of primary amides is 1. The number of amides is 2. The Morgan fingerprint density at radius 2 is 1.88 bits per heavy atom. The van der Waals surface area contributed by atoms with Crippen molar-refractivity contribution in [3.05, 3.63) is 29.8 Å². The minimum atomic E-state index is -3.82. The summed E-state index contributed by atoms with van der Waals surface area (Å²) in [5.74, 6) is 0. The lowest BCUT2D eigenvalue weighted by atomic mass is 10.1. The lowest BCUT2D eigenvalue weighted by molar-refractivity contribution is 0.253. The minimum absolute atomic E-state index is 0.0385. The average Bonchev–Trinajstić information content (AvgIpc) is 2.25. The number of hydrogen-bond acceptors (Lipinski definition) is 3. The molecule has 1 aromatic carbocycles. The fourth-order valence-corrected chi connectivity index (χ4v) is 2.28. The Bertz CT molecular complexity index is 480. The molecule has 0 heterocycles. The maximum Gasteiger partial charge on any atom is 0.326 e. The molecule has 0 spiro atoms. The number of hydrogen-bond donors (Lipinski definition) is 2. The van der Waals surface area contributed by atoms with Gasteiger partial charge in [-0.3, -0.25) is 0 Å². The molecule has 2 amide bonds. The molecule has 0 aliphatic heterocycles. The van der Waals surface area contributed by atoms with Crippen molar-refractivity contribution in [2.24, 2.45) is 5.73 Å². The normalized spacial score (nSPS) is 11.1. The standard InChI is InChI=1S/C11H16N2O3S/c1-2-3-4-9-5-7-10(8-6-9)17(15,16)13-11(12)14/h5-8H,2-4H2,1H3,(H3,12,13,14). The lowest BCUT2D eigenvalue weighted by Gasteiger charge is -2.05. The summed E-state index contributed by atoms with van der Waals surface area (Å²) >= 11 is 0. The second-order valence-corrected chi connectivity index (χ2v) is 5.40. The van der Waals surface area contributed by atoms with E-state index >= 15 is 0 Å². The first kappa shape index (κ1) is 13.5. The predicted octanol–water partition coefficient (Wildman–Crippen LogP) is 1.39. The van der Waals surface area contributed by atoms with E-state index in [1.165, 1.54) is 12.1 Å². The number of unbranched alkanes of at least 4 members (excludes halogenated alkanes) is 1. The summed E-state index contributed by atoms with van der Waals surface area (Å²) in [6.07, 6.45) is 3.06. The van der Waals surface area contributed by atoms with Gasteiger partial charge in [0.1, 0.15) is 0 Å². The number of benzene rings is 1. The minimum Gasteiger partial charge on any atom is -0.351 e. The van der Waals surface area contributed by atoms with E-state index in [4.69, 9.17) is 5.73 Å². The van der Waals surface area contributed by atoms with E-state index in [2.05, 4.69) is 6.92 Å². The zero-order valence-corrected chi connectivity index (χ0v) is 10.5. The molecule has 0 unspecified atom stereocenters. The van der Waals surface area contributed by atoms with Gasteiger partial charge in [0.15, 0.2) is 0 Å². The summed E-state index contributed by atoms with van der Waals surface area (Å²) in [6.45, 7) is 2.09. The fourth-order valence-electron chi connectivity index (χ4n) is 1.41. The molecule has 1 rings (SSSR count). The van der Waals surface area contributed by atoms with E-state index in [-0.39, 0.29) is 4.90 Å². The van der Waals surface area contributed by atoms with Crippen LogP contribution in [0.2, 0.25) is 0 Å². The fraction of sp³-hybridized carbons (Fsp3) is 0.364. The highest BCUT2D eigenvalue weighted by Crippen LogP contribution is 2.12. The maximum atomic E-state index is 11.6. The summed E-state index contributed by atoms with van der Waals surface area (Å²) < 4.78 is 24.8.